The minimum absolute atomic E-state index is 0.0373. The van der Waals surface area contributed by atoms with Crippen LogP contribution in [0.15, 0.2) is 24.3 Å². The quantitative estimate of drug-likeness (QED) is 0.839. The van der Waals surface area contributed by atoms with Crippen molar-refractivity contribution in [2.75, 3.05) is 26.2 Å². The van der Waals surface area contributed by atoms with E-state index in [0.717, 1.165) is 44.6 Å². The first-order valence-electron chi connectivity index (χ1n) is 6.41. The lowest BCUT2D eigenvalue weighted by molar-refractivity contribution is 0.0151. The zero-order chi connectivity index (χ0) is 11.7. The smallest absolute Gasteiger partial charge is 0.123 e. The second-order valence-electron chi connectivity index (χ2n) is 5.13. The number of rotatable bonds is 2. The molecule has 0 saturated carbocycles. The molecule has 0 bridgehead atoms. The Kier molecular flexibility index (Phi) is 2.81. The minimum Gasteiger partial charge on any atom is -0.487 e. The van der Waals surface area contributed by atoms with Gasteiger partial charge in [0.2, 0.25) is 0 Å². The molecule has 92 valence electrons. The third kappa shape index (κ3) is 2.05. The van der Waals surface area contributed by atoms with E-state index in [0.29, 0.717) is 0 Å². The number of β-amino-alcohol motifs (C(OH)–C–C–N with tert-alkyl or cyclic N) is 1. The fourth-order valence-corrected chi connectivity index (χ4v) is 2.97. The van der Waals surface area contributed by atoms with Crippen molar-refractivity contribution in [1.29, 1.82) is 0 Å². The van der Waals surface area contributed by atoms with Gasteiger partial charge in [0.1, 0.15) is 11.4 Å². The number of aliphatic hydroxyl groups is 1. The molecule has 0 aromatic heterocycles. The van der Waals surface area contributed by atoms with E-state index < -0.39 is 0 Å². The highest BCUT2D eigenvalue weighted by atomic mass is 16.5. The van der Waals surface area contributed by atoms with Crippen molar-refractivity contribution in [3.8, 4) is 5.75 Å². The molecule has 1 spiro atoms. The summed E-state index contributed by atoms with van der Waals surface area (Å²) in [6, 6.07) is 8.37. The number of nitrogens with zero attached hydrogens (tertiary/aromatic N) is 1. The molecule has 1 N–H and O–H groups in total. The molecular weight excluding hydrogens is 214 g/mol. The molecule has 3 nitrogen and oxygen atoms in total. The van der Waals surface area contributed by atoms with E-state index >= 15 is 0 Å². The predicted octanol–water partition coefficient (Wildman–Crippen LogP) is 1.45. The lowest BCUT2D eigenvalue weighted by Crippen LogP contribution is -2.47. The highest BCUT2D eigenvalue weighted by Gasteiger charge is 2.41. The van der Waals surface area contributed by atoms with Crippen LogP contribution < -0.4 is 4.74 Å². The molecule has 3 heteroatoms. The van der Waals surface area contributed by atoms with Gasteiger partial charge in [0.15, 0.2) is 0 Å². The molecule has 2 heterocycles. The van der Waals surface area contributed by atoms with Crippen LogP contribution in [0, 0.1) is 0 Å². The van der Waals surface area contributed by atoms with Crippen LogP contribution in [0.3, 0.4) is 0 Å². The molecule has 1 saturated heterocycles. The number of hydrogen-bond acceptors (Lipinski definition) is 3. The van der Waals surface area contributed by atoms with Crippen molar-refractivity contribution in [3.63, 3.8) is 0 Å². The first-order chi connectivity index (χ1) is 8.31. The number of ether oxygens (including phenoxy) is 1. The zero-order valence-corrected chi connectivity index (χ0v) is 10.1. The summed E-state index contributed by atoms with van der Waals surface area (Å²) in [7, 11) is 0. The van der Waals surface area contributed by atoms with Gasteiger partial charge in [-0.05, 0) is 11.6 Å². The van der Waals surface area contributed by atoms with Crippen LogP contribution in [0.5, 0.6) is 5.75 Å². The van der Waals surface area contributed by atoms with Crippen LogP contribution in [0.2, 0.25) is 0 Å². The Labute approximate surface area is 102 Å². The van der Waals surface area contributed by atoms with E-state index in [4.69, 9.17) is 9.84 Å². The number of likely N-dealkylation sites (tertiary alicyclic amines) is 1. The lowest BCUT2D eigenvalue weighted by Gasteiger charge is -2.38. The minimum atomic E-state index is 0.0373. The maximum absolute atomic E-state index is 8.94. The summed E-state index contributed by atoms with van der Waals surface area (Å²) in [4.78, 5) is 2.32. The van der Waals surface area contributed by atoms with Crippen molar-refractivity contribution in [2.24, 2.45) is 0 Å². The van der Waals surface area contributed by atoms with Crippen molar-refractivity contribution in [1.82, 2.24) is 4.90 Å². The molecule has 3 rings (SSSR count). The Morgan fingerprint density at radius 2 is 2.00 bits per heavy atom. The van der Waals surface area contributed by atoms with Crippen LogP contribution in [0.25, 0.3) is 0 Å². The molecule has 0 amide bonds. The standard InChI is InChI=1S/C14H19NO2/c16-10-9-15-7-5-14(6-8-15)11-12-3-1-2-4-13(12)17-14/h1-4,16H,5-11H2. The maximum atomic E-state index is 8.94. The monoisotopic (exact) mass is 233 g/mol. The Balaban J connectivity index is 1.68. The fraction of sp³-hybridized carbons (Fsp3) is 0.571. The lowest BCUT2D eigenvalue weighted by atomic mass is 9.87. The molecule has 17 heavy (non-hydrogen) atoms. The Bertz CT molecular complexity index is 370. The summed E-state index contributed by atoms with van der Waals surface area (Å²) >= 11 is 0. The Hall–Kier alpha value is -1.06. The van der Waals surface area contributed by atoms with Gasteiger partial charge in [-0.3, -0.25) is 0 Å². The largest absolute Gasteiger partial charge is 0.487 e. The van der Waals surface area contributed by atoms with E-state index in [-0.39, 0.29) is 12.2 Å². The van der Waals surface area contributed by atoms with Gasteiger partial charge in [-0.1, -0.05) is 18.2 Å². The molecule has 0 atom stereocenters. The maximum Gasteiger partial charge on any atom is 0.123 e. The van der Waals surface area contributed by atoms with Crippen LogP contribution in [0.4, 0.5) is 0 Å². The SMILES string of the molecule is OCCN1CCC2(CC1)Cc1ccccc1O2. The summed E-state index contributed by atoms with van der Waals surface area (Å²) in [5.74, 6) is 1.07. The van der Waals surface area contributed by atoms with Crippen molar-refractivity contribution >= 4 is 0 Å². The van der Waals surface area contributed by atoms with Crippen molar-refractivity contribution in [2.45, 2.75) is 24.9 Å². The van der Waals surface area contributed by atoms with Gasteiger partial charge in [-0.2, -0.15) is 0 Å². The number of fused-ring (bicyclic) bond motifs is 1. The van der Waals surface area contributed by atoms with Gasteiger partial charge in [-0.25, -0.2) is 0 Å². The molecule has 0 unspecified atom stereocenters. The fourth-order valence-electron chi connectivity index (χ4n) is 2.97. The van der Waals surface area contributed by atoms with Crippen LogP contribution in [-0.2, 0) is 6.42 Å². The highest BCUT2D eigenvalue weighted by Crippen LogP contribution is 2.40. The van der Waals surface area contributed by atoms with Crippen molar-refractivity contribution in [3.05, 3.63) is 29.8 Å². The zero-order valence-electron chi connectivity index (χ0n) is 10.1. The molecule has 1 aromatic rings. The van der Waals surface area contributed by atoms with Gasteiger partial charge >= 0.3 is 0 Å². The summed E-state index contributed by atoms with van der Waals surface area (Å²) in [6.45, 7) is 3.13. The van der Waals surface area contributed by atoms with E-state index in [9.17, 15) is 0 Å². The number of piperidine rings is 1. The van der Waals surface area contributed by atoms with Crippen LogP contribution in [-0.4, -0.2) is 41.8 Å². The predicted molar refractivity (Wildman–Crippen MR) is 66.3 cm³/mol. The van der Waals surface area contributed by atoms with Crippen LogP contribution >= 0.6 is 0 Å². The molecule has 2 aliphatic heterocycles. The van der Waals surface area contributed by atoms with E-state index in [1.54, 1.807) is 0 Å². The molecule has 0 radical (unpaired) electrons. The Morgan fingerprint density at radius 1 is 1.24 bits per heavy atom. The van der Waals surface area contributed by atoms with Gasteiger partial charge in [0, 0.05) is 38.9 Å². The summed E-state index contributed by atoms with van der Waals surface area (Å²) in [6.07, 6.45) is 3.19. The van der Waals surface area contributed by atoms with Gasteiger partial charge in [-0.15, -0.1) is 0 Å². The topological polar surface area (TPSA) is 32.7 Å². The summed E-state index contributed by atoms with van der Waals surface area (Å²) in [5.41, 5.74) is 1.39. The van der Waals surface area contributed by atoms with Gasteiger partial charge < -0.3 is 14.7 Å². The second-order valence-corrected chi connectivity index (χ2v) is 5.13. The molecule has 2 aliphatic rings. The third-order valence-corrected chi connectivity index (χ3v) is 4.00. The molecular formula is C14H19NO2. The number of aliphatic hydroxyl groups excluding tert-OH is 1. The van der Waals surface area contributed by atoms with Gasteiger partial charge in [0.25, 0.3) is 0 Å². The average Bonchev–Trinajstić information content (AvgIpc) is 2.70. The second kappa shape index (κ2) is 4.31. The van der Waals surface area contributed by atoms with Gasteiger partial charge in [0.05, 0.1) is 6.61 Å². The number of hydrogen-bond donors (Lipinski definition) is 1. The Morgan fingerprint density at radius 3 is 2.71 bits per heavy atom. The highest BCUT2D eigenvalue weighted by molar-refractivity contribution is 5.39. The summed E-state index contributed by atoms with van der Waals surface area (Å²) in [5, 5.41) is 8.94. The summed E-state index contributed by atoms with van der Waals surface area (Å²) < 4.78 is 6.17. The number of benzene rings is 1. The number of para-hydroxylation sites is 1. The molecule has 0 aliphatic carbocycles. The van der Waals surface area contributed by atoms with E-state index in [2.05, 4.69) is 23.1 Å². The average molecular weight is 233 g/mol. The van der Waals surface area contributed by atoms with Crippen LogP contribution in [0.1, 0.15) is 18.4 Å². The normalized spacial score (nSPS) is 22.4. The van der Waals surface area contributed by atoms with E-state index in [1.165, 1.54) is 5.56 Å². The molecule has 1 aromatic carbocycles. The van der Waals surface area contributed by atoms with E-state index in [1.807, 2.05) is 6.07 Å². The first kappa shape index (κ1) is 11.1. The first-order valence-corrected chi connectivity index (χ1v) is 6.41. The third-order valence-electron chi connectivity index (χ3n) is 4.00. The molecule has 1 fully saturated rings. The van der Waals surface area contributed by atoms with Crippen molar-refractivity contribution < 1.29 is 9.84 Å².